The van der Waals surface area contributed by atoms with Gasteiger partial charge in [-0.3, -0.25) is 14.9 Å². The van der Waals surface area contributed by atoms with Crippen LogP contribution >= 0.6 is 0 Å². The Morgan fingerprint density at radius 3 is 2.44 bits per heavy atom. The third-order valence-corrected chi connectivity index (χ3v) is 3.57. The number of ether oxygens (including phenoxy) is 1. The van der Waals surface area contributed by atoms with Crippen molar-refractivity contribution in [2.24, 2.45) is 0 Å². The van der Waals surface area contributed by atoms with Crippen LogP contribution in [0.1, 0.15) is 17.3 Å². The van der Waals surface area contributed by atoms with Gasteiger partial charge in [-0.2, -0.15) is 0 Å². The smallest absolute Gasteiger partial charge is 0.339 e. The number of anilines is 2. The summed E-state index contributed by atoms with van der Waals surface area (Å²) in [4.78, 5) is 36.1. The number of nitrogens with two attached hydrogens (primary N) is 1. The Morgan fingerprint density at radius 2 is 1.84 bits per heavy atom. The van der Waals surface area contributed by atoms with Crippen molar-refractivity contribution in [1.82, 2.24) is 0 Å². The lowest BCUT2D eigenvalue weighted by atomic mass is 10.1. The fourth-order valence-electron chi connectivity index (χ4n) is 2.16. The second kappa shape index (κ2) is 7.43. The molecule has 2 aromatic rings. The Kier molecular flexibility index (Phi) is 5.33. The van der Waals surface area contributed by atoms with Crippen LogP contribution in [0.3, 0.4) is 0 Å². The van der Waals surface area contributed by atoms with Crippen molar-refractivity contribution in [2.75, 3.05) is 17.7 Å². The maximum Gasteiger partial charge on any atom is 0.339 e. The molecule has 2 rings (SSSR count). The van der Waals surface area contributed by atoms with E-state index in [4.69, 9.17) is 10.5 Å². The molecule has 2 aromatic carbocycles. The minimum atomic E-state index is -1.06. The summed E-state index contributed by atoms with van der Waals surface area (Å²) >= 11 is 0. The average Bonchev–Trinajstić information content (AvgIpc) is 2.61. The highest BCUT2D eigenvalue weighted by atomic mass is 16.6. The Bertz CT molecular complexity index is 807. The highest BCUT2D eigenvalue weighted by Gasteiger charge is 2.24. The third kappa shape index (κ3) is 4.11. The van der Waals surface area contributed by atoms with Crippen LogP contribution in [0.5, 0.6) is 0 Å². The molecule has 2 N–H and O–H groups in total. The fourth-order valence-corrected chi connectivity index (χ4v) is 2.16. The van der Waals surface area contributed by atoms with E-state index >= 15 is 0 Å². The van der Waals surface area contributed by atoms with Gasteiger partial charge in [0.15, 0.2) is 6.10 Å². The lowest BCUT2D eigenvalue weighted by Crippen LogP contribution is -2.37. The number of carbonyl (C=O) groups excluding carboxylic acids is 2. The molecule has 1 atom stereocenters. The molecule has 25 heavy (non-hydrogen) atoms. The van der Waals surface area contributed by atoms with Gasteiger partial charge in [0.05, 0.1) is 10.5 Å². The van der Waals surface area contributed by atoms with Crippen molar-refractivity contribution in [1.29, 1.82) is 0 Å². The number of nitro groups is 1. The summed E-state index contributed by atoms with van der Waals surface area (Å²) in [5, 5.41) is 10.9. The molecule has 0 saturated heterocycles. The number of nitro benzene ring substituents is 1. The molecule has 0 aliphatic carbocycles. The number of hydrogen-bond donors (Lipinski definition) is 1. The molecule has 0 fully saturated rings. The summed E-state index contributed by atoms with van der Waals surface area (Å²) < 4.78 is 5.12. The van der Waals surface area contributed by atoms with Gasteiger partial charge >= 0.3 is 5.97 Å². The average molecular weight is 343 g/mol. The Balaban J connectivity index is 2.11. The van der Waals surface area contributed by atoms with Gasteiger partial charge in [0.1, 0.15) is 5.69 Å². The monoisotopic (exact) mass is 343 g/mol. The molecule has 0 saturated carbocycles. The van der Waals surface area contributed by atoms with Gasteiger partial charge in [-0.05, 0) is 31.2 Å². The quantitative estimate of drug-likeness (QED) is 0.386. The van der Waals surface area contributed by atoms with Gasteiger partial charge in [-0.25, -0.2) is 4.79 Å². The number of amides is 1. The van der Waals surface area contributed by atoms with Crippen LogP contribution in [0.15, 0.2) is 48.5 Å². The van der Waals surface area contributed by atoms with E-state index in [1.54, 1.807) is 31.3 Å². The zero-order valence-corrected chi connectivity index (χ0v) is 13.7. The number of benzene rings is 2. The van der Waals surface area contributed by atoms with E-state index < -0.39 is 28.6 Å². The maximum absolute atomic E-state index is 12.4. The molecule has 8 heteroatoms. The van der Waals surface area contributed by atoms with Gasteiger partial charge in [-0.1, -0.05) is 18.2 Å². The third-order valence-electron chi connectivity index (χ3n) is 3.57. The van der Waals surface area contributed by atoms with Gasteiger partial charge < -0.3 is 15.4 Å². The molecule has 0 radical (unpaired) electrons. The number of nitrogens with zero attached hydrogens (tertiary/aromatic N) is 2. The van der Waals surface area contributed by atoms with Gasteiger partial charge in [0.25, 0.3) is 11.6 Å². The molecule has 8 nitrogen and oxygen atoms in total. The summed E-state index contributed by atoms with van der Waals surface area (Å²) in [5.74, 6) is -1.27. The highest BCUT2D eigenvalue weighted by Crippen LogP contribution is 2.23. The van der Waals surface area contributed by atoms with E-state index in [9.17, 15) is 19.7 Å². The van der Waals surface area contributed by atoms with Crippen molar-refractivity contribution in [2.45, 2.75) is 13.0 Å². The van der Waals surface area contributed by atoms with Crippen molar-refractivity contribution < 1.29 is 19.2 Å². The first-order valence-corrected chi connectivity index (χ1v) is 7.38. The van der Waals surface area contributed by atoms with Gasteiger partial charge in [-0.15, -0.1) is 0 Å². The Labute approximate surface area is 144 Å². The van der Waals surface area contributed by atoms with Crippen LogP contribution in [0.2, 0.25) is 0 Å². The minimum absolute atomic E-state index is 0.0529. The van der Waals surface area contributed by atoms with E-state index in [1.807, 2.05) is 6.07 Å². The second-order valence-electron chi connectivity index (χ2n) is 5.31. The summed E-state index contributed by atoms with van der Waals surface area (Å²) in [6.07, 6.45) is -1.06. The molecular weight excluding hydrogens is 326 g/mol. The zero-order chi connectivity index (χ0) is 18.6. The van der Waals surface area contributed by atoms with Crippen LogP contribution in [-0.2, 0) is 9.53 Å². The molecule has 0 aromatic heterocycles. The second-order valence-corrected chi connectivity index (χ2v) is 5.31. The van der Waals surface area contributed by atoms with Gasteiger partial charge in [0.2, 0.25) is 0 Å². The highest BCUT2D eigenvalue weighted by molar-refractivity contribution is 5.99. The van der Waals surface area contributed by atoms with E-state index in [0.29, 0.717) is 5.69 Å². The number of hydrogen-bond acceptors (Lipinski definition) is 6. The fraction of sp³-hybridized carbons (Fsp3) is 0.176. The van der Waals surface area contributed by atoms with E-state index in [-0.39, 0.29) is 11.3 Å². The van der Waals surface area contributed by atoms with Gasteiger partial charge in [0, 0.05) is 18.8 Å². The topological polar surface area (TPSA) is 116 Å². The number of carbonyl (C=O) groups is 2. The minimum Gasteiger partial charge on any atom is -0.449 e. The van der Waals surface area contributed by atoms with E-state index in [1.165, 1.54) is 24.0 Å². The first-order chi connectivity index (χ1) is 11.8. The standard InChI is InChI=1S/C17H17N3O5/c1-11(16(21)19(2)13-6-4-3-5-7-13)25-17(22)12-8-9-14(18)15(10-12)20(23)24/h3-11H,18H2,1-2H3/t11-/m1/s1. The predicted molar refractivity (Wildman–Crippen MR) is 92.2 cm³/mol. The van der Waals surface area contributed by atoms with Crippen LogP contribution in [0.4, 0.5) is 17.1 Å². The predicted octanol–water partition coefficient (Wildman–Crippen LogP) is 2.39. The Morgan fingerprint density at radius 1 is 1.20 bits per heavy atom. The largest absolute Gasteiger partial charge is 0.449 e. The van der Waals surface area contributed by atoms with E-state index in [0.717, 1.165) is 6.07 Å². The molecule has 0 aliphatic rings. The number of esters is 1. The molecule has 1 amide bonds. The lowest BCUT2D eigenvalue weighted by Gasteiger charge is -2.21. The maximum atomic E-state index is 12.4. The summed E-state index contributed by atoms with van der Waals surface area (Å²) in [7, 11) is 1.57. The summed E-state index contributed by atoms with van der Waals surface area (Å²) in [6, 6.07) is 12.5. The first kappa shape index (κ1) is 17.9. The summed E-state index contributed by atoms with van der Waals surface area (Å²) in [6.45, 7) is 1.44. The molecule has 0 unspecified atom stereocenters. The zero-order valence-electron chi connectivity index (χ0n) is 13.7. The number of likely N-dealkylation sites (N-methyl/N-ethyl adjacent to an activating group) is 1. The number of para-hydroxylation sites is 1. The van der Waals surface area contributed by atoms with Crippen LogP contribution in [-0.4, -0.2) is 30.0 Å². The molecule has 0 spiro atoms. The van der Waals surface area contributed by atoms with Crippen LogP contribution < -0.4 is 10.6 Å². The van der Waals surface area contributed by atoms with Crippen molar-refractivity contribution in [3.05, 3.63) is 64.2 Å². The number of nitrogen functional groups attached to an aromatic ring is 1. The lowest BCUT2D eigenvalue weighted by molar-refractivity contribution is -0.383. The van der Waals surface area contributed by atoms with Crippen LogP contribution in [0.25, 0.3) is 0 Å². The Hall–Kier alpha value is -3.42. The SMILES string of the molecule is C[C@@H](OC(=O)c1ccc(N)c([N+](=O)[O-])c1)C(=O)N(C)c1ccccc1. The van der Waals surface area contributed by atoms with Crippen molar-refractivity contribution >= 4 is 28.9 Å². The van der Waals surface area contributed by atoms with E-state index in [2.05, 4.69) is 0 Å². The summed E-state index contributed by atoms with van der Waals surface area (Å²) in [5.41, 5.74) is 5.63. The first-order valence-electron chi connectivity index (χ1n) is 7.38. The molecule has 0 bridgehead atoms. The van der Waals surface area contributed by atoms with Crippen molar-refractivity contribution in [3.63, 3.8) is 0 Å². The molecule has 0 heterocycles. The molecule has 0 aliphatic heterocycles. The molecule has 130 valence electrons. The normalized spacial score (nSPS) is 11.4. The number of rotatable bonds is 5. The molecular formula is C17H17N3O5. The van der Waals surface area contributed by atoms with Crippen LogP contribution in [0, 0.1) is 10.1 Å². The van der Waals surface area contributed by atoms with Crippen molar-refractivity contribution in [3.8, 4) is 0 Å².